The Kier molecular flexibility index (Phi) is 5.97. The summed E-state index contributed by atoms with van der Waals surface area (Å²) in [5.41, 5.74) is 3.19. The molecule has 9 heteroatoms. The van der Waals surface area contributed by atoms with Gasteiger partial charge in [0.25, 0.3) is 5.56 Å². The number of carbonyl (C=O) groups is 1. The second-order valence-corrected chi connectivity index (χ2v) is 8.10. The smallest absolute Gasteiger partial charge is 0.341 e. The first-order valence-electron chi connectivity index (χ1n) is 9.94. The van der Waals surface area contributed by atoms with Crippen LogP contribution in [0.3, 0.4) is 0 Å². The Labute approximate surface area is 183 Å². The van der Waals surface area contributed by atoms with Crippen LogP contribution in [0, 0.1) is 6.92 Å². The number of fused-ring (bicyclic) bond motifs is 1. The minimum absolute atomic E-state index is 0.154. The first-order chi connectivity index (χ1) is 15.0. The molecule has 3 aromatic heterocycles. The summed E-state index contributed by atoms with van der Waals surface area (Å²) in [6, 6.07) is 9.16. The lowest BCUT2D eigenvalue weighted by atomic mass is 10.1. The molecule has 0 atom stereocenters. The number of para-hydroxylation sites is 1. The Balaban J connectivity index is 1.77. The van der Waals surface area contributed by atoms with Crippen LogP contribution in [-0.4, -0.2) is 31.9 Å². The number of nitrogens with zero attached hydrogens (tertiary/aromatic N) is 4. The molecule has 0 unspecified atom stereocenters. The van der Waals surface area contributed by atoms with E-state index in [0.29, 0.717) is 30.0 Å². The molecule has 0 saturated carbocycles. The highest BCUT2D eigenvalue weighted by Gasteiger charge is 2.21. The summed E-state index contributed by atoms with van der Waals surface area (Å²) >= 11 is 1.59. The molecule has 8 nitrogen and oxygen atoms in total. The number of aryl methyl sites for hydroxylation is 2. The third-order valence-electron chi connectivity index (χ3n) is 4.99. The number of esters is 1. The van der Waals surface area contributed by atoms with Gasteiger partial charge in [-0.3, -0.25) is 4.79 Å². The predicted molar refractivity (Wildman–Crippen MR) is 120 cm³/mol. The van der Waals surface area contributed by atoms with Crippen LogP contribution in [0.4, 0.5) is 0 Å². The zero-order valence-electron chi connectivity index (χ0n) is 17.6. The van der Waals surface area contributed by atoms with Gasteiger partial charge in [-0.15, -0.1) is 11.3 Å². The maximum atomic E-state index is 12.6. The first kappa shape index (κ1) is 21.0. The van der Waals surface area contributed by atoms with Crippen molar-refractivity contribution >= 4 is 28.2 Å². The molecule has 0 saturated heterocycles. The minimum Gasteiger partial charge on any atom is -0.462 e. The van der Waals surface area contributed by atoms with Crippen LogP contribution in [0.2, 0.25) is 0 Å². The number of nitrogens with one attached hydrogen (secondary N) is 1. The molecule has 31 heavy (non-hydrogen) atoms. The van der Waals surface area contributed by atoms with Gasteiger partial charge in [-0.05, 0) is 19.9 Å². The third-order valence-corrected chi connectivity index (χ3v) is 5.81. The second-order valence-electron chi connectivity index (χ2n) is 7.04. The average Bonchev–Trinajstić information content (AvgIpc) is 3.37. The van der Waals surface area contributed by atoms with Crippen molar-refractivity contribution in [2.45, 2.75) is 26.9 Å². The van der Waals surface area contributed by atoms with Gasteiger partial charge in [0.1, 0.15) is 5.56 Å². The van der Waals surface area contributed by atoms with Crippen molar-refractivity contribution in [1.29, 1.82) is 0 Å². The highest BCUT2D eigenvalue weighted by molar-refractivity contribution is 7.09. The van der Waals surface area contributed by atoms with Crippen LogP contribution in [0.15, 0.2) is 46.7 Å². The molecule has 0 aliphatic heterocycles. The maximum absolute atomic E-state index is 12.6. The highest BCUT2D eigenvalue weighted by Crippen LogP contribution is 2.23. The van der Waals surface area contributed by atoms with E-state index in [0.717, 1.165) is 21.6 Å². The van der Waals surface area contributed by atoms with Crippen molar-refractivity contribution in [3.63, 3.8) is 0 Å². The number of pyridine rings is 1. The van der Waals surface area contributed by atoms with Gasteiger partial charge in [0, 0.05) is 37.0 Å². The van der Waals surface area contributed by atoms with E-state index in [-0.39, 0.29) is 12.2 Å². The molecule has 4 rings (SSSR count). The van der Waals surface area contributed by atoms with Gasteiger partial charge in [0.15, 0.2) is 0 Å². The molecule has 1 N–H and O–H groups in total. The van der Waals surface area contributed by atoms with Gasteiger partial charge in [-0.2, -0.15) is 5.10 Å². The van der Waals surface area contributed by atoms with Crippen molar-refractivity contribution in [2.24, 2.45) is 7.05 Å². The van der Waals surface area contributed by atoms with E-state index in [4.69, 9.17) is 4.74 Å². The molecule has 1 aromatic carbocycles. The maximum Gasteiger partial charge on any atom is 0.341 e. The Morgan fingerprint density at radius 3 is 2.81 bits per heavy atom. The van der Waals surface area contributed by atoms with Crippen molar-refractivity contribution in [3.8, 4) is 5.69 Å². The molecule has 160 valence electrons. The van der Waals surface area contributed by atoms with Crippen molar-refractivity contribution < 1.29 is 9.53 Å². The third kappa shape index (κ3) is 4.14. The van der Waals surface area contributed by atoms with Crippen LogP contribution in [-0.2, 0) is 24.9 Å². The average molecular weight is 438 g/mol. The highest BCUT2D eigenvalue weighted by atomic mass is 32.1. The van der Waals surface area contributed by atoms with Gasteiger partial charge < -0.3 is 14.6 Å². The molecule has 4 aromatic rings. The molecule has 0 spiro atoms. The number of ether oxygens (including phenoxy) is 1. The Hall–Kier alpha value is -3.30. The second kappa shape index (κ2) is 8.83. The largest absolute Gasteiger partial charge is 0.462 e. The van der Waals surface area contributed by atoms with Crippen LogP contribution < -0.4 is 10.9 Å². The number of benzene rings is 1. The normalized spacial score (nSPS) is 11.2. The van der Waals surface area contributed by atoms with E-state index in [9.17, 15) is 9.59 Å². The number of rotatable bonds is 7. The van der Waals surface area contributed by atoms with Crippen LogP contribution in [0.1, 0.15) is 33.7 Å². The van der Waals surface area contributed by atoms with Gasteiger partial charge >= 0.3 is 5.97 Å². The van der Waals surface area contributed by atoms with Gasteiger partial charge in [0.05, 0.1) is 40.4 Å². The van der Waals surface area contributed by atoms with Gasteiger partial charge in [-0.1, -0.05) is 18.2 Å². The van der Waals surface area contributed by atoms with Crippen molar-refractivity contribution in [1.82, 2.24) is 24.6 Å². The summed E-state index contributed by atoms with van der Waals surface area (Å²) in [6.07, 6.45) is 1.49. The lowest BCUT2D eigenvalue weighted by molar-refractivity contribution is 0.0525. The topological polar surface area (TPSA) is 91.0 Å². The molecule has 0 aliphatic rings. The fourth-order valence-electron chi connectivity index (χ4n) is 3.50. The first-order valence-corrected chi connectivity index (χ1v) is 10.8. The number of aromatic nitrogens is 4. The fourth-order valence-corrected chi connectivity index (χ4v) is 4.11. The molecular weight excluding hydrogens is 414 g/mol. The summed E-state index contributed by atoms with van der Waals surface area (Å²) in [4.78, 5) is 29.6. The van der Waals surface area contributed by atoms with Gasteiger partial charge in [0.2, 0.25) is 0 Å². The molecule has 0 radical (unpaired) electrons. The van der Waals surface area contributed by atoms with E-state index in [2.05, 4.69) is 15.4 Å². The van der Waals surface area contributed by atoms with Crippen LogP contribution in [0.25, 0.3) is 16.6 Å². The van der Waals surface area contributed by atoms with E-state index in [1.54, 1.807) is 34.6 Å². The number of hydrogen-bond acceptors (Lipinski definition) is 7. The Bertz CT molecular complexity index is 1300. The van der Waals surface area contributed by atoms with E-state index >= 15 is 0 Å². The summed E-state index contributed by atoms with van der Waals surface area (Å²) < 4.78 is 8.46. The Morgan fingerprint density at radius 1 is 1.26 bits per heavy atom. The lowest BCUT2D eigenvalue weighted by Crippen LogP contribution is -2.21. The lowest BCUT2D eigenvalue weighted by Gasteiger charge is -2.14. The SMILES string of the molecule is CCOC(=O)c1cnn(-c2cc(=O)n(C)c3ccccc23)c1CNCc1csc(C)n1. The quantitative estimate of drug-likeness (QED) is 0.447. The molecule has 3 heterocycles. The number of hydrogen-bond donors (Lipinski definition) is 1. The Morgan fingerprint density at radius 2 is 2.06 bits per heavy atom. The minimum atomic E-state index is -0.441. The standard InChI is InChI=1S/C22H23N5O3S/c1-4-30-22(29)17-11-24-27(20(17)12-23-10-15-13-31-14(2)25-15)19-9-21(28)26(3)18-8-6-5-7-16(18)19/h5-9,11,13,23H,4,10,12H2,1-3H3. The summed E-state index contributed by atoms with van der Waals surface area (Å²) in [5, 5.41) is 11.6. The summed E-state index contributed by atoms with van der Waals surface area (Å²) in [6.45, 7) is 4.90. The zero-order valence-corrected chi connectivity index (χ0v) is 18.4. The summed E-state index contributed by atoms with van der Waals surface area (Å²) in [7, 11) is 1.74. The van der Waals surface area contributed by atoms with Crippen LogP contribution in [0.5, 0.6) is 0 Å². The molecular formula is C22H23N5O3S. The molecule has 0 aliphatic carbocycles. The van der Waals surface area contributed by atoms with Crippen molar-refractivity contribution in [3.05, 3.63) is 74.2 Å². The van der Waals surface area contributed by atoms with E-state index in [1.807, 2.05) is 36.6 Å². The van der Waals surface area contributed by atoms with Crippen molar-refractivity contribution in [2.75, 3.05) is 6.61 Å². The molecule has 0 fully saturated rings. The van der Waals surface area contributed by atoms with Crippen LogP contribution >= 0.6 is 11.3 Å². The predicted octanol–water partition coefficient (Wildman–Crippen LogP) is 2.96. The van der Waals surface area contributed by atoms with Gasteiger partial charge in [-0.25, -0.2) is 14.5 Å². The van der Waals surface area contributed by atoms with E-state index < -0.39 is 5.97 Å². The van der Waals surface area contributed by atoms with E-state index in [1.165, 1.54) is 12.3 Å². The number of thiazole rings is 1. The fraction of sp³-hybridized carbons (Fsp3) is 0.273. The monoisotopic (exact) mass is 437 g/mol. The summed E-state index contributed by atoms with van der Waals surface area (Å²) in [5.74, 6) is -0.441. The number of carbonyl (C=O) groups excluding carboxylic acids is 1. The molecule has 0 bridgehead atoms. The molecule has 0 amide bonds. The zero-order chi connectivity index (χ0) is 22.0.